The van der Waals surface area contributed by atoms with Crippen molar-refractivity contribution >= 4 is 17.4 Å². The van der Waals surface area contributed by atoms with Crippen molar-refractivity contribution in [1.29, 1.82) is 0 Å². The molecule has 76 valence electrons. The van der Waals surface area contributed by atoms with Gasteiger partial charge in [0.25, 0.3) is 0 Å². The van der Waals surface area contributed by atoms with E-state index in [1.54, 1.807) is 0 Å². The van der Waals surface area contributed by atoms with Crippen molar-refractivity contribution in [2.75, 3.05) is 24.2 Å². The van der Waals surface area contributed by atoms with Gasteiger partial charge < -0.3 is 11.1 Å². The number of rotatable bonds is 3. The fourth-order valence-corrected chi connectivity index (χ4v) is 2.71. The summed E-state index contributed by atoms with van der Waals surface area (Å²) in [6.07, 6.45) is 2.53. The summed E-state index contributed by atoms with van der Waals surface area (Å²) >= 11 is 1.97. The average Bonchev–Trinajstić information content (AvgIpc) is 2.26. The fraction of sp³-hybridized carbons (Fsp3) is 0.455. The van der Waals surface area contributed by atoms with Crippen LogP contribution in [0.2, 0.25) is 0 Å². The van der Waals surface area contributed by atoms with Gasteiger partial charge in [0.05, 0.1) is 0 Å². The standard InChI is InChI=1S/C11H16N2S/c12-5-6-13-10-3-4-11-9(8-10)2-1-7-14-11/h3-4,8,13H,1-2,5-7,12H2. The second-order valence-electron chi connectivity index (χ2n) is 3.49. The van der Waals surface area contributed by atoms with E-state index in [0.29, 0.717) is 6.54 Å². The van der Waals surface area contributed by atoms with E-state index in [2.05, 4.69) is 23.5 Å². The molecule has 3 N–H and O–H groups in total. The van der Waals surface area contributed by atoms with E-state index in [1.807, 2.05) is 11.8 Å². The summed E-state index contributed by atoms with van der Waals surface area (Å²) < 4.78 is 0. The molecule has 14 heavy (non-hydrogen) atoms. The summed E-state index contributed by atoms with van der Waals surface area (Å²) in [5.41, 5.74) is 8.14. The molecule has 0 radical (unpaired) electrons. The van der Waals surface area contributed by atoms with E-state index in [1.165, 1.54) is 34.7 Å². The first-order valence-electron chi connectivity index (χ1n) is 5.10. The predicted molar refractivity (Wildman–Crippen MR) is 63.0 cm³/mol. The van der Waals surface area contributed by atoms with E-state index in [9.17, 15) is 0 Å². The number of nitrogens with one attached hydrogen (secondary N) is 1. The zero-order valence-corrected chi connectivity index (χ0v) is 9.07. The Bertz CT molecular complexity index is 312. The Labute approximate surface area is 89.3 Å². The number of anilines is 1. The Morgan fingerprint density at radius 3 is 3.21 bits per heavy atom. The highest BCUT2D eigenvalue weighted by Gasteiger charge is 2.09. The normalized spacial score (nSPS) is 14.9. The Morgan fingerprint density at radius 1 is 1.43 bits per heavy atom. The largest absolute Gasteiger partial charge is 0.384 e. The molecule has 0 amide bonds. The van der Waals surface area contributed by atoms with Crippen LogP contribution in [0.15, 0.2) is 23.1 Å². The Morgan fingerprint density at radius 2 is 2.36 bits per heavy atom. The first-order chi connectivity index (χ1) is 6.90. The molecule has 0 aromatic heterocycles. The van der Waals surface area contributed by atoms with Gasteiger partial charge in [0.2, 0.25) is 0 Å². The molecule has 1 aliphatic heterocycles. The zero-order valence-electron chi connectivity index (χ0n) is 8.25. The summed E-state index contributed by atoms with van der Waals surface area (Å²) in [5.74, 6) is 1.27. The third kappa shape index (κ3) is 2.22. The predicted octanol–water partition coefficient (Wildman–Crippen LogP) is 2.10. The van der Waals surface area contributed by atoms with Crippen LogP contribution >= 0.6 is 11.8 Å². The molecule has 2 rings (SSSR count). The van der Waals surface area contributed by atoms with Crippen molar-refractivity contribution in [1.82, 2.24) is 0 Å². The van der Waals surface area contributed by atoms with Gasteiger partial charge in [-0.3, -0.25) is 0 Å². The lowest BCUT2D eigenvalue weighted by atomic mass is 10.1. The van der Waals surface area contributed by atoms with E-state index in [0.717, 1.165) is 6.54 Å². The molecule has 0 saturated heterocycles. The van der Waals surface area contributed by atoms with Crippen molar-refractivity contribution in [3.8, 4) is 0 Å². The minimum absolute atomic E-state index is 0.686. The number of hydrogen-bond donors (Lipinski definition) is 2. The van der Waals surface area contributed by atoms with E-state index in [4.69, 9.17) is 5.73 Å². The van der Waals surface area contributed by atoms with Crippen LogP contribution in [-0.4, -0.2) is 18.8 Å². The summed E-state index contributed by atoms with van der Waals surface area (Å²) in [5, 5.41) is 3.31. The third-order valence-corrected chi connectivity index (χ3v) is 3.58. The summed E-state index contributed by atoms with van der Waals surface area (Å²) in [6, 6.07) is 6.63. The van der Waals surface area contributed by atoms with Gasteiger partial charge in [-0.25, -0.2) is 0 Å². The van der Waals surface area contributed by atoms with Gasteiger partial charge in [0.15, 0.2) is 0 Å². The van der Waals surface area contributed by atoms with Crippen molar-refractivity contribution in [3.63, 3.8) is 0 Å². The zero-order chi connectivity index (χ0) is 9.80. The average molecular weight is 208 g/mol. The monoisotopic (exact) mass is 208 g/mol. The van der Waals surface area contributed by atoms with Gasteiger partial charge >= 0.3 is 0 Å². The molecule has 0 spiro atoms. The van der Waals surface area contributed by atoms with Crippen LogP contribution < -0.4 is 11.1 Å². The molecule has 0 saturated carbocycles. The maximum absolute atomic E-state index is 5.45. The lowest BCUT2D eigenvalue weighted by molar-refractivity contribution is 0.889. The molecule has 0 fully saturated rings. The van der Waals surface area contributed by atoms with Crippen molar-refractivity contribution in [2.45, 2.75) is 17.7 Å². The summed E-state index contributed by atoms with van der Waals surface area (Å²) in [6.45, 7) is 1.54. The number of nitrogens with two attached hydrogens (primary N) is 1. The van der Waals surface area contributed by atoms with Crippen molar-refractivity contribution < 1.29 is 0 Å². The summed E-state index contributed by atoms with van der Waals surface area (Å²) in [7, 11) is 0. The highest BCUT2D eigenvalue weighted by atomic mass is 32.2. The lowest BCUT2D eigenvalue weighted by Gasteiger charge is -2.16. The van der Waals surface area contributed by atoms with Gasteiger partial charge in [-0.1, -0.05) is 0 Å². The number of fused-ring (bicyclic) bond motifs is 1. The highest BCUT2D eigenvalue weighted by Crippen LogP contribution is 2.31. The smallest absolute Gasteiger partial charge is 0.0344 e. The molecule has 0 aliphatic carbocycles. The molecule has 2 nitrogen and oxygen atoms in total. The number of hydrogen-bond acceptors (Lipinski definition) is 3. The number of aryl methyl sites for hydroxylation is 1. The Balaban J connectivity index is 2.12. The van der Waals surface area contributed by atoms with Gasteiger partial charge in [-0.15, -0.1) is 11.8 Å². The van der Waals surface area contributed by atoms with Gasteiger partial charge in [-0.05, 0) is 42.4 Å². The highest BCUT2D eigenvalue weighted by molar-refractivity contribution is 7.99. The topological polar surface area (TPSA) is 38.0 Å². The molecule has 0 bridgehead atoms. The van der Waals surface area contributed by atoms with E-state index < -0.39 is 0 Å². The fourth-order valence-electron chi connectivity index (χ4n) is 1.69. The van der Waals surface area contributed by atoms with Crippen LogP contribution in [0.3, 0.4) is 0 Å². The van der Waals surface area contributed by atoms with Gasteiger partial charge in [-0.2, -0.15) is 0 Å². The molecule has 1 aromatic rings. The lowest BCUT2D eigenvalue weighted by Crippen LogP contribution is -2.13. The molecular formula is C11H16N2S. The molecule has 1 aliphatic rings. The second-order valence-corrected chi connectivity index (χ2v) is 4.63. The molecular weight excluding hydrogens is 192 g/mol. The summed E-state index contributed by atoms with van der Waals surface area (Å²) in [4.78, 5) is 1.45. The second kappa shape index (κ2) is 4.71. The maximum atomic E-state index is 5.45. The van der Waals surface area contributed by atoms with Crippen LogP contribution in [-0.2, 0) is 6.42 Å². The first kappa shape index (κ1) is 9.87. The van der Waals surface area contributed by atoms with E-state index in [-0.39, 0.29) is 0 Å². The quantitative estimate of drug-likeness (QED) is 0.799. The van der Waals surface area contributed by atoms with Gasteiger partial charge in [0.1, 0.15) is 0 Å². The molecule has 3 heteroatoms. The third-order valence-electron chi connectivity index (χ3n) is 2.38. The Hall–Kier alpha value is -0.670. The number of thioether (sulfide) groups is 1. The maximum Gasteiger partial charge on any atom is 0.0344 e. The van der Waals surface area contributed by atoms with Crippen LogP contribution in [0, 0.1) is 0 Å². The molecule has 0 unspecified atom stereocenters. The van der Waals surface area contributed by atoms with Crippen LogP contribution in [0.25, 0.3) is 0 Å². The van der Waals surface area contributed by atoms with Crippen molar-refractivity contribution in [2.24, 2.45) is 5.73 Å². The van der Waals surface area contributed by atoms with E-state index >= 15 is 0 Å². The Kier molecular flexibility index (Phi) is 3.32. The SMILES string of the molecule is NCCNc1ccc2c(c1)CCCS2. The van der Waals surface area contributed by atoms with Crippen LogP contribution in [0.4, 0.5) is 5.69 Å². The first-order valence-corrected chi connectivity index (χ1v) is 6.08. The molecule has 1 aromatic carbocycles. The minimum atomic E-state index is 0.686. The molecule has 1 heterocycles. The van der Waals surface area contributed by atoms with Crippen LogP contribution in [0.5, 0.6) is 0 Å². The van der Waals surface area contributed by atoms with Crippen LogP contribution in [0.1, 0.15) is 12.0 Å². The van der Waals surface area contributed by atoms with Crippen molar-refractivity contribution in [3.05, 3.63) is 23.8 Å². The number of benzene rings is 1. The minimum Gasteiger partial charge on any atom is -0.384 e. The van der Waals surface area contributed by atoms with Gasteiger partial charge in [0, 0.05) is 23.7 Å². The molecule has 0 atom stereocenters.